The topological polar surface area (TPSA) is 119 Å². The van der Waals surface area contributed by atoms with Crippen LogP contribution in [0.1, 0.15) is 86.6 Å². The Hall–Kier alpha value is -4.43. The molecule has 8 nitrogen and oxygen atoms in total. The number of carbonyl (C=O) groups is 2. The van der Waals surface area contributed by atoms with Crippen LogP contribution in [-0.4, -0.2) is 30.1 Å². The van der Waals surface area contributed by atoms with Crippen LogP contribution in [0.15, 0.2) is 89.5 Å². The van der Waals surface area contributed by atoms with Crippen LogP contribution in [0.25, 0.3) is 0 Å². The molecule has 1 unspecified atom stereocenters. The normalized spacial score (nSPS) is 11.5. The molecule has 2 amide bonds. The molecule has 0 aliphatic rings. The van der Waals surface area contributed by atoms with Crippen molar-refractivity contribution in [2.24, 2.45) is 5.73 Å². The number of aryl methyl sites for hydroxylation is 1. The summed E-state index contributed by atoms with van der Waals surface area (Å²) in [6, 6.07) is 28.9. The Kier molecular flexibility index (Phi) is 13.0. The van der Waals surface area contributed by atoms with Gasteiger partial charge in [-0.25, -0.2) is 0 Å². The average Bonchev–Trinajstić information content (AvgIpc) is 3.36. The van der Waals surface area contributed by atoms with Crippen LogP contribution in [0.4, 0.5) is 5.69 Å². The quantitative estimate of drug-likeness (QED) is 0.147. The summed E-state index contributed by atoms with van der Waals surface area (Å²) >= 11 is 0. The number of aromatic nitrogens is 1. The molecule has 43 heavy (non-hydrogen) atoms. The number of carbonyl (C=O) groups excluding carboxylic acids is 2. The number of rotatable bonds is 13. The van der Waals surface area contributed by atoms with Crippen LogP contribution in [0.5, 0.6) is 5.75 Å². The largest absolute Gasteiger partial charge is 0.493 e. The van der Waals surface area contributed by atoms with Gasteiger partial charge >= 0.3 is 0 Å². The number of amides is 2. The Balaban J connectivity index is 0.00000119. The maximum absolute atomic E-state index is 11.4. The second-order valence-electron chi connectivity index (χ2n) is 10.8. The van der Waals surface area contributed by atoms with Gasteiger partial charge in [-0.2, -0.15) is 0 Å². The first kappa shape index (κ1) is 33.1. The maximum Gasteiger partial charge on any atom is 0.221 e. The number of benzene rings is 3. The maximum atomic E-state index is 11.4. The van der Waals surface area contributed by atoms with Gasteiger partial charge in [-0.05, 0) is 49.6 Å². The summed E-state index contributed by atoms with van der Waals surface area (Å²) in [5.41, 5.74) is 9.87. The highest BCUT2D eigenvalue weighted by atomic mass is 16.5. The number of anilines is 1. The van der Waals surface area contributed by atoms with Gasteiger partial charge < -0.3 is 25.6 Å². The third-order valence-electron chi connectivity index (χ3n) is 6.82. The molecule has 0 saturated carbocycles. The number of nitrogens with one attached hydrogen (secondary N) is 2. The average molecular weight is 585 g/mol. The lowest BCUT2D eigenvalue weighted by molar-refractivity contribution is -0.116. The smallest absolute Gasteiger partial charge is 0.221 e. The van der Waals surface area contributed by atoms with Crippen molar-refractivity contribution >= 4 is 17.5 Å². The SMILES string of the molecule is CC(=O)Nc1cccc(OCCCNC(CC(c2ccccc2)c2ccccc2)c2c(C)noc2C(C)C)c1.CC(N)=O. The lowest BCUT2D eigenvalue weighted by Crippen LogP contribution is -2.27. The van der Waals surface area contributed by atoms with E-state index in [2.05, 4.69) is 96.0 Å². The van der Waals surface area contributed by atoms with Gasteiger partial charge in [0.05, 0.1) is 12.3 Å². The van der Waals surface area contributed by atoms with Gasteiger partial charge in [-0.1, -0.05) is 85.7 Å². The highest BCUT2D eigenvalue weighted by Gasteiger charge is 2.28. The fraction of sp³-hybridized carbons (Fsp3) is 0.343. The summed E-state index contributed by atoms with van der Waals surface area (Å²) in [7, 11) is 0. The molecular formula is C35H44N4O4. The van der Waals surface area contributed by atoms with Crippen molar-refractivity contribution in [3.8, 4) is 5.75 Å². The first-order valence-corrected chi connectivity index (χ1v) is 14.7. The molecular weight excluding hydrogens is 540 g/mol. The first-order chi connectivity index (χ1) is 20.7. The van der Waals surface area contributed by atoms with E-state index in [1.807, 2.05) is 31.2 Å². The van der Waals surface area contributed by atoms with Crippen molar-refractivity contribution in [2.75, 3.05) is 18.5 Å². The van der Waals surface area contributed by atoms with E-state index in [0.29, 0.717) is 6.61 Å². The molecule has 4 rings (SSSR count). The summed E-state index contributed by atoms with van der Waals surface area (Å²) in [4.78, 5) is 20.6. The Morgan fingerprint density at radius 3 is 2.09 bits per heavy atom. The van der Waals surface area contributed by atoms with Gasteiger partial charge in [0.25, 0.3) is 0 Å². The van der Waals surface area contributed by atoms with Crippen molar-refractivity contribution in [1.29, 1.82) is 0 Å². The van der Waals surface area contributed by atoms with Crippen molar-refractivity contribution < 1.29 is 18.8 Å². The molecule has 0 aliphatic heterocycles. The molecule has 4 aromatic rings. The molecule has 0 saturated heterocycles. The van der Waals surface area contributed by atoms with Gasteiger partial charge in [0.1, 0.15) is 11.5 Å². The molecule has 1 atom stereocenters. The summed E-state index contributed by atoms with van der Waals surface area (Å²) in [5.74, 6) is 1.69. The number of ether oxygens (including phenoxy) is 1. The second-order valence-corrected chi connectivity index (χ2v) is 10.8. The number of nitrogens with two attached hydrogens (primary N) is 1. The highest BCUT2D eigenvalue weighted by molar-refractivity contribution is 5.88. The molecule has 3 aromatic carbocycles. The van der Waals surface area contributed by atoms with Crippen LogP contribution in [-0.2, 0) is 9.59 Å². The standard InChI is InChI=1S/C33H39N3O3.C2H5NO/c1-23(2)33-32(24(3)36-39-33)31(22-30(26-13-7-5-8-14-26)27-15-9-6-10-16-27)34-19-12-20-38-29-18-11-17-28(21-29)35-25(4)37;1-2(3)4/h5-11,13-18,21,23,30-31,34H,12,19-20,22H2,1-4H3,(H,35,37);1H3,(H2,3,4). The third kappa shape index (κ3) is 10.7. The Labute approximate surface area is 255 Å². The fourth-order valence-corrected chi connectivity index (χ4v) is 5.01. The minimum absolute atomic E-state index is 0.0576. The summed E-state index contributed by atoms with van der Waals surface area (Å²) in [5, 5.41) is 11.0. The molecule has 1 aromatic heterocycles. The molecule has 8 heteroatoms. The molecule has 228 valence electrons. The zero-order valence-electron chi connectivity index (χ0n) is 25.8. The Morgan fingerprint density at radius 1 is 0.930 bits per heavy atom. The van der Waals surface area contributed by atoms with Gasteiger partial charge in [0.2, 0.25) is 11.8 Å². The Morgan fingerprint density at radius 2 is 1.53 bits per heavy atom. The van der Waals surface area contributed by atoms with E-state index in [4.69, 9.17) is 9.26 Å². The number of hydrogen-bond donors (Lipinski definition) is 3. The second kappa shape index (κ2) is 16.9. The van der Waals surface area contributed by atoms with E-state index in [1.54, 1.807) is 0 Å². The van der Waals surface area contributed by atoms with Crippen molar-refractivity contribution in [1.82, 2.24) is 10.5 Å². The lowest BCUT2D eigenvalue weighted by atomic mass is 9.83. The Bertz CT molecular complexity index is 1380. The van der Waals surface area contributed by atoms with Crippen molar-refractivity contribution in [3.63, 3.8) is 0 Å². The predicted molar refractivity (Wildman–Crippen MR) is 171 cm³/mol. The first-order valence-electron chi connectivity index (χ1n) is 14.7. The van der Waals surface area contributed by atoms with Crippen LogP contribution in [0.2, 0.25) is 0 Å². The number of primary amides is 1. The van der Waals surface area contributed by atoms with Gasteiger partial charge in [0.15, 0.2) is 0 Å². The molecule has 0 spiro atoms. The highest BCUT2D eigenvalue weighted by Crippen LogP contribution is 2.37. The predicted octanol–water partition coefficient (Wildman–Crippen LogP) is 6.88. The van der Waals surface area contributed by atoms with E-state index in [-0.39, 0.29) is 29.7 Å². The number of nitrogens with zero attached hydrogens (tertiary/aromatic N) is 1. The van der Waals surface area contributed by atoms with Gasteiger partial charge in [-0.3, -0.25) is 9.59 Å². The summed E-state index contributed by atoms with van der Waals surface area (Å²) in [6.07, 6.45) is 1.69. The minimum atomic E-state index is -0.333. The zero-order valence-corrected chi connectivity index (χ0v) is 25.8. The third-order valence-corrected chi connectivity index (χ3v) is 6.82. The van der Waals surface area contributed by atoms with Gasteiger partial charge in [-0.15, -0.1) is 0 Å². The molecule has 0 fully saturated rings. The molecule has 4 N–H and O–H groups in total. The zero-order chi connectivity index (χ0) is 31.2. The summed E-state index contributed by atoms with van der Waals surface area (Å²) < 4.78 is 11.8. The van der Waals surface area contributed by atoms with Crippen LogP contribution in [0.3, 0.4) is 0 Å². The van der Waals surface area contributed by atoms with E-state index in [0.717, 1.165) is 47.8 Å². The van der Waals surface area contributed by atoms with Crippen molar-refractivity contribution in [2.45, 2.75) is 65.3 Å². The lowest BCUT2D eigenvalue weighted by Gasteiger charge is -2.26. The van der Waals surface area contributed by atoms with E-state index >= 15 is 0 Å². The van der Waals surface area contributed by atoms with E-state index in [9.17, 15) is 9.59 Å². The van der Waals surface area contributed by atoms with Crippen molar-refractivity contribution in [3.05, 3.63) is 113 Å². The van der Waals surface area contributed by atoms with Gasteiger partial charge in [0, 0.05) is 49.0 Å². The van der Waals surface area contributed by atoms with Crippen LogP contribution in [0, 0.1) is 6.92 Å². The molecule has 0 aliphatic carbocycles. The summed E-state index contributed by atoms with van der Waals surface area (Å²) in [6.45, 7) is 10.5. The monoisotopic (exact) mass is 584 g/mol. The number of hydrogen-bond acceptors (Lipinski definition) is 6. The molecule has 1 heterocycles. The fourth-order valence-electron chi connectivity index (χ4n) is 5.01. The van der Waals surface area contributed by atoms with E-state index in [1.165, 1.54) is 25.0 Å². The molecule has 0 bridgehead atoms. The molecule has 0 radical (unpaired) electrons. The van der Waals surface area contributed by atoms with E-state index < -0.39 is 0 Å². The van der Waals surface area contributed by atoms with Crippen LogP contribution < -0.4 is 21.1 Å². The van der Waals surface area contributed by atoms with Crippen LogP contribution >= 0.6 is 0 Å². The minimum Gasteiger partial charge on any atom is -0.493 e.